The maximum atomic E-state index is 11.1. The molecule has 1 aromatic carbocycles. The first-order valence-electron chi connectivity index (χ1n) is 4.68. The van der Waals surface area contributed by atoms with Crippen LogP contribution in [-0.2, 0) is 0 Å². The molecule has 3 N–H and O–H groups in total. The van der Waals surface area contributed by atoms with E-state index in [-0.39, 0.29) is 5.69 Å². The Bertz CT molecular complexity index is 567. The summed E-state index contributed by atoms with van der Waals surface area (Å²) >= 11 is 2.16. The van der Waals surface area contributed by atoms with Crippen molar-refractivity contribution in [3.05, 3.63) is 27.5 Å². The largest absolute Gasteiger partial charge is 0.496 e. The fourth-order valence-corrected chi connectivity index (χ4v) is 1.97. The SMILES string of the molecule is COc1cc(-c2n[nH]nc2C(N)=O)ccc1I. The highest BCUT2D eigenvalue weighted by Crippen LogP contribution is 2.28. The minimum absolute atomic E-state index is 0.119. The Morgan fingerprint density at radius 2 is 2.24 bits per heavy atom. The van der Waals surface area contributed by atoms with Gasteiger partial charge in [0.15, 0.2) is 5.69 Å². The van der Waals surface area contributed by atoms with Crippen molar-refractivity contribution in [1.29, 1.82) is 0 Å². The van der Waals surface area contributed by atoms with Gasteiger partial charge in [-0.05, 0) is 34.7 Å². The van der Waals surface area contributed by atoms with Crippen LogP contribution in [0.4, 0.5) is 0 Å². The zero-order valence-electron chi connectivity index (χ0n) is 8.90. The summed E-state index contributed by atoms with van der Waals surface area (Å²) in [6.07, 6.45) is 0. The summed E-state index contributed by atoms with van der Waals surface area (Å²) in [5.41, 5.74) is 6.47. The second-order valence-electron chi connectivity index (χ2n) is 3.23. The van der Waals surface area contributed by atoms with E-state index in [1.807, 2.05) is 12.1 Å². The van der Waals surface area contributed by atoms with E-state index in [0.29, 0.717) is 11.4 Å². The second kappa shape index (κ2) is 4.70. The molecule has 6 nitrogen and oxygen atoms in total. The first kappa shape index (κ1) is 11.8. The smallest absolute Gasteiger partial charge is 0.271 e. The Kier molecular flexibility index (Phi) is 3.27. The van der Waals surface area contributed by atoms with Crippen molar-refractivity contribution in [2.24, 2.45) is 5.73 Å². The molecule has 1 aromatic heterocycles. The molecule has 0 saturated heterocycles. The molecule has 0 bridgehead atoms. The summed E-state index contributed by atoms with van der Waals surface area (Å²) in [6.45, 7) is 0. The van der Waals surface area contributed by atoms with E-state index in [0.717, 1.165) is 9.13 Å². The van der Waals surface area contributed by atoms with E-state index in [9.17, 15) is 4.79 Å². The van der Waals surface area contributed by atoms with Gasteiger partial charge in [-0.2, -0.15) is 15.4 Å². The lowest BCUT2D eigenvalue weighted by molar-refractivity contribution is 0.0996. The number of halogens is 1. The van der Waals surface area contributed by atoms with Gasteiger partial charge in [0.05, 0.1) is 10.7 Å². The number of benzene rings is 1. The molecule has 0 spiro atoms. The molecule has 0 saturated carbocycles. The Balaban J connectivity index is 2.53. The number of aromatic amines is 1. The standard InChI is InChI=1S/C10H9IN4O2/c1-17-7-4-5(2-3-6(7)11)8-9(10(12)16)14-15-13-8/h2-4H,1H3,(H2,12,16)(H,13,14,15). The molecular weight excluding hydrogens is 335 g/mol. The number of H-pyrrole nitrogens is 1. The molecule has 0 radical (unpaired) electrons. The number of aromatic nitrogens is 3. The van der Waals surface area contributed by atoms with Gasteiger partial charge in [-0.1, -0.05) is 6.07 Å². The second-order valence-corrected chi connectivity index (χ2v) is 4.40. The molecule has 0 aliphatic carbocycles. The molecule has 2 aromatic rings. The summed E-state index contributed by atoms with van der Waals surface area (Å²) < 4.78 is 6.17. The average molecular weight is 344 g/mol. The van der Waals surface area contributed by atoms with Crippen molar-refractivity contribution in [3.8, 4) is 17.0 Å². The van der Waals surface area contributed by atoms with Crippen LogP contribution in [0, 0.1) is 3.57 Å². The third-order valence-corrected chi connectivity index (χ3v) is 3.10. The molecule has 17 heavy (non-hydrogen) atoms. The molecule has 2 rings (SSSR count). The van der Waals surface area contributed by atoms with Crippen molar-refractivity contribution in [2.45, 2.75) is 0 Å². The van der Waals surface area contributed by atoms with Crippen LogP contribution in [0.3, 0.4) is 0 Å². The zero-order valence-corrected chi connectivity index (χ0v) is 11.1. The van der Waals surface area contributed by atoms with E-state index >= 15 is 0 Å². The van der Waals surface area contributed by atoms with Crippen molar-refractivity contribution in [1.82, 2.24) is 15.4 Å². The van der Waals surface area contributed by atoms with Crippen molar-refractivity contribution < 1.29 is 9.53 Å². The van der Waals surface area contributed by atoms with E-state index < -0.39 is 5.91 Å². The molecule has 0 fully saturated rings. The van der Waals surface area contributed by atoms with Gasteiger partial charge in [0.2, 0.25) is 0 Å². The lowest BCUT2D eigenvalue weighted by Gasteiger charge is -2.05. The van der Waals surface area contributed by atoms with Crippen LogP contribution >= 0.6 is 22.6 Å². The van der Waals surface area contributed by atoms with Gasteiger partial charge >= 0.3 is 0 Å². The summed E-state index contributed by atoms with van der Waals surface area (Å²) in [7, 11) is 1.58. The van der Waals surface area contributed by atoms with Crippen molar-refractivity contribution in [3.63, 3.8) is 0 Å². The number of nitrogens with two attached hydrogens (primary N) is 1. The molecule has 7 heteroatoms. The number of nitrogens with zero attached hydrogens (tertiary/aromatic N) is 2. The third kappa shape index (κ3) is 2.23. The number of hydrogen-bond acceptors (Lipinski definition) is 4. The summed E-state index contributed by atoms with van der Waals surface area (Å²) in [5, 5.41) is 10.0. The molecule has 0 unspecified atom stereocenters. The predicted octanol–water partition coefficient (Wildman–Crippen LogP) is 1.18. The number of nitrogens with one attached hydrogen (secondary N) is 1. The molecule has 1 heterocycles. The Morgan fingerprint density at radius 1 is 1.47 bits per heavy atom. The Labute approximate surface area is 111 Å². The summed E-state index contributed by atoms with van der Waals surface area (Å²) in [4.78, 5) is 11.1. The van der Waals surface area contributed by atoms with Gasteiger partial charge in [0.1, 0.15) is 11.4 Å². The van der Waals surface area contributed by atoms with Crippen molar-refractivity contribution in [2.75, 3.05) is 7.11 Å². The van der Waals surface area contributed by atoms with Gasteiger partial charge in [0, 0.05) is 5.56 Å². The highest BCUT2D eigenvalue weighted by Gasteiger charge is 2.16. The van der Waals surface area contributed by atoms with Gasteiger partial charge in [-0.3, -0.25) is 4.79 Å². The maximum Gasteiger partial charge on any atom is 0.271 e. The molecular formula is C10H9IN4O2. The zero-order chi connectivity index (χ0) is 12.4. The van der Waals surface area contributed by atoms with Crippen LogP contribution < -0.4 is 10.5 Å². The van der Waals surface area contributed by atoms with Crippen molar-refractivity contribution >= 4 is 28.5 Å². The van der Waals surface area contributed by atoms with E-state index in [1.165, 1.54) is 0 Å². The number of primary amides is 1. The fourth-order valence-electron chi connectivity index (χ4n) is 1.41. The maximum absolute atomic E-state index is 11.1. The van der Waals surface area contributed by atoms with Crippen LogP contribution in [0.2, 0.25) is 0 Å². The Hall–Kier alpha value is -1.64. The summed E-state index contributed by atoms with van der Waals surface area (Å²) in [6, 6.07) is 5.48. The third-order valence-electron chi connectivity index (χ3n) is 2.21. The number of rotatable bonds is 3. The minimum Gasteiger partial charge on any atom is -0.496 e. The highest BCUT2D eigenvalue weighted by molar-refractivity contribution is 14.1. The molecule has 0 aliphatic rings. The number of amides is 1. The van der Waals surface area contributed by atoms with E-state index in [1.54, 1.807) is 13.2 Å². The monoisotopic (exact) mass is 344 g/mol. The molecule has 0 aliphatic heterocycles. The first-order valence-corrected chi connectivity index (χ1v) is 5.76. The van der Waals surface area contributed by atoms with E-state index in [4.69, 9.17) is 10.5 Å². The first-order chi connectivity index (χ1) is 8.13. The lowest BCUT2D eigenvalue weighted by Crippen LogP contribution is -2.12. The predicted molar refractivity (Wildman–Crippen MR) is 69.6 cm³/mol. The number of ether oxygens (including phenoxy) is 1. The lowest BCUT2D eigenvalue weighted by atomic mass is 10.1. The fraction of sp³-hybridized carbons (Fsp3) is 0.100. The van der Waals surface area contributed by atoms with Gasteiger partial charge in [-0.15, -0.1) is 0 Å². The van der Waals surface area contributed by atoms with Crippen LogP contribution in [-0.4, -0.2) is 28.4 Å². The van der Waals surface area contributed by atoms with Gasteiger partial charge in [0.25, 0.3) is 5.91 Å². The average Bonchev–Trinajstić information content (AvgIpc) is 2.78. The highest BCUT2D eigenvalue weighted by atomic mass is 127. The van der Waals surface area contributed by atoms with Gasteiger partial charge < -0.3 is 10.5 Å². The number of methoxy groups -OCH3 is 1. The van der Waals surface area contributed by atoms with E-state index in [2.05, 4.69) is 38.0 Å². The molecule has 0 atom stereocenters. The molecule has 1 amide bonds. The quantitative estimate of drug-likeness (QED) is 0.818. The molecule has 88 valence electrons. The Morgan fingerprint density at radius 3 is 2.88 bits per heavy atom. The normalized spacial score (nSPS) is 10.2. The number of carbonyl (C=O) groups is 1. The topological polar surface area (TPSA) is 93.9 Å². The van der Waals surface area contributed by atoms with Crippen LogP contribution in [0.25, 0.3) is 11.3 Å². The van der Waals surface area contributed by atoms with Crippen LogP contribution in [0.5, 0.6) is 5.75 Å². The van der Waals surface area contributed by atoms with Gasteiger partial charge in [-0.25, -0.2) is 0 Å². The minimum atomic E-state index is -0.619. The van der Waals surface area contributed by atoms with Crippen LogP contribution in [0.1, 0.15) is 10.5 Å². The number of carbonyl (C=O) groups excluding carboxylic acids is 1. The summed E-state index contributed by atoms with van der Waals surface area (Å²) in [5.74, 6) is 0.0905. The van der Waals surface area contributed by atoms with Crippen LogP contribution in [0.15, 0.2) is 18.2 Å². The number of hydrogen-bond donors (Lipinski definition) is 2.